The molecular formula is C17H22N2OS. The van der Waals surface area contributed by atoms with Gasteiger partial charge in [0.1, 0.15) is 5.75 Å². The quantitative estimate of drug-likeness (QED) is 0.842. The van der Waals surface area contributed by atoms with Crippen molar-refractivity contribution >= 4 is 11.3 Å². The third kappa shape index (κ3) is 4.05. The zero-order valence-electron chi connectivity index (χ0n) is 12.6. The maximum atomic E-state index is 5.91. The minimum Gasteiger partial charge on any atom is -0.490 e. The van der Waals surface area contributed by atoms with E-state index in [0.29, 0.717) is 12.1 Å². The summed E-state index contributed by atoms with van der Waals surface area (Å²) in [7, 11) is 0. The Kier molecular flexibility index (Phi) is 4.56. The van der Waals surface area contributed by atoms with Gasteiger partial charge >= 0.3 is 0 Å². The van der Waals surface area contributed by atoms with Crippen molar-refractivity contribution in [1.29, 1.82) is 0 Å². The zero-order chi connectivity index (χ0) is 14.7. The van der Waals surface area contributed by atoms with Crippen LogP contribution in [0.25, 0.3) is 0 Å². The van der Waals surface area contributed by atoms with Crippen LogP contribution < -0.4 is 10.1 Å². The van der Waals surface area contributed by atoms with Gasteiger partial charge in [0.2, 0.25) is 0 Å². The summed E-state index contributed by atoms with van der Waals surface area (Å²) in [5, 5.41) is 6.87. The maximum absolute atomic E-state index is 5.91. The molecule has 1 N–H and O–H groups in total. The van der Waals surface area contributed by atoms with E-state index >= 15 is 0 Å². The van der Waals surface area contributed by atoms with Gasteiger partial charge < -0.3 is 10.1 Å². The highest BCUT2D eigenvalue weighted by Gasteiger charge is 2.23. The van der Waals surface area contributed by atoms with Crippen LogP contribution in [0.1, 0.15) is 42.1 Å². The Morgan fingerprint density at radius 1 is 1.43 bits per heavy atom. The molecule has 112 valence electrons. The molecular weight excluding hydrogens is 280 g/mol. The number of aromatic nitrogens is 1. The highest BCUT2D eigenvalue weighted by atomic mass is 32.1. The van der Waals surface area contributed by atoms with E-state index in [-0.39, 0.29) is 0 Å². The standard InChI is InChI=1S/C17H22N2OS/c1-3-18-16(10-17-19-12(2)11-21-17)13-5-4-6-15(9-13)20-14-7-8-14/h4-6,9,11,14,16,18H,3,7-8,10H2,1-2H3. The van der Waals surface area contributed by atoms with Crippen molar-refractivity contribution in [3.05, 3.63) is 45.9 Å². The number of nitrogens with zero attached hydrogens (tertiary/aromatic N) is 1. The molecule has 1 aliphatic carbocycles. The maximum Gasteiger partial charge on any atom is 0.120 e. The minimum absolute atomic E-state index is 0.295. The topological polar surface area (TPSA) is 34.2 Å². The van der Waals surface area contributed by atoms with Crippen molar-refractivity contribution in [3.8, 4) is 5.75 Å². The average Bonchev–Trinajstić information content (AvgIpc) is 3.19. The molecule has 1 heterocycles. The molecule has 0 radical (unpaired) electrons. The first kappa shape index (κ1) is 14.5. The summed E-state index contributed by atoms with van der Waals surface area (Å²) in [6, 6.07) is 8.78. The van der Waals surface area contributed by atoms with Crippen molar-refractivity contribution in [1.82, 2.24) is 10.3 Å². The Balaban J connectivity index is 1.75. The first-order valence-electron chi connectivity index (χ1n) is 7.65. The average molecular weight is 302 g/mol. The first-order chi connectivity index (χ1) is 10.2. The minimum atomic E-state index is 0.295. The third-order valence-electron chi connectivity index (χ3n) is 3.58. The second-order valence-corrected chi connectivity index (χ2v) is 6.53. The van der Waals surface area contributed by atoms with Gasteiger partial charge in [0.15, 0.2) is 0 Å². The van der Waals surface area contributed by atoms with Gasteiger partial charge in [-0.1, -0.05) is 19.1 Å². The lowest BCUT2D eigenvalue weighted by molar-refractivity contribution is 0.302. The second kappa shape index (κ2) is 6.58. The van der Waals surface area contributed by atoms with Gasteiger partial charge in [-0.05, 0) is 44.0 Å². The number of benzene rings is 1. The second-order valence-electron chi connectivity index (χ2n) is 5.59. The van der Waals surface area contributed by atoms with Crippen LogP contribution in [0, 0.1) is 6.92 Å². The Hall–Kier alpha value is -1.39. The summed E-state index contributed by atoms with van der Waals surface area (Å²) >= 11 is 1.74. The predicted octanol–water partition coefficient (Wildman–Crippen LogP) is 3.89. The van der Waals surface area contributed by atoms with Crippen molar-refractivity contribution < 1.29 is 4.74 Å². The molecule has 0 spiro atoms. The molecule has 0 bridgehead atoms. The lowest BCUT2D eigenvalue weighted by Gasteiger charge is -2.18. The number of likely N-dealkylation sites (N-methyl/N-ethyl adjacent to an activating group) is 1. The Bertz CT molecular complexity index is 592. The van der Waals surface area contributed by atoms with Gasteiger partial charge in [-0.25, -0.2) is 4.98 Å². The molecule has 2 aromatic rings. The van der Waals surface area contributed by atoms with Crippen molar-refractivity contribution in [2.75, 3.05) is 6.54 Å². The van der Waals surface area contributed by atoms with E-state index in [9.17, 15) is 0 Å². The molecule has 1 unspecified atom stereocenters. The van der Waals surface area contributed by atoms with Crippen molar-refractivity contribution in [2.24, 2.45) is 0 Å². The van der Waals surface area contributed by atoms with Crippen LogP contribution >= 0.6 is 11.3 Å². The van der Waals surface area contributed by atoms with Gasteiger partial charge in [-0.15, -0.1) is 11.3 Å². The van der Waals surface area contributed by atoms with Crippen LogP contribution in [-0.4, -0.2) is 17.6 Å². The number of hydrogen-bond donors (Lipinski definition) is 1. The number of aryl methyl sites for hydroxylation is 1. The van der Waals surface area contributed by atoms with E-state index in [1.165, 1.54) is 23.4 Å². The van der Waals surface area contributed by atoms with E-state index in [1.807, 2.05) is 6.92 Å². The molecule has 21 heavy (non-hydrogen) atoms. The summed E-state index contributed by atoms with van der Waals surface area (Å²) < 4.78 is 5.91. The molecule has 3 rings (SSSR count). The normalized spacial score (nSPS) is 15.9. The van der Waals surface area contributed by atoms with Crippen molar-refractivity contribution in [3.63, 3.8) is 0 Å². The molecule has 1 aliphatic rings. The summed E-state index contributed by atoms with van der Waals surface area (Å²) in [4.78, 5) is 4.59. The molecule has 4 heteroatoms. The predicted molar refractivity (Wildman–Crippen MR) is 87.1 cm³/mol. The van der Waals surface area contributed by atoms with Crippen LogP contribution in [0.3, 0.4) is 0 Å². The van der Waals surface area contributed by atoms with Crippen LogP contribution in [-0.2, 0) is 6.42 Å². The highest BCUT2D eigenvalue weighted by Crippen LogP contribution is 2.29. The van der Waals surface area contributed by atoms with Gasteiger partial charge in [0.25, 0.3) is 0 Å². The van der Waals surface area contributed by atoms with E-state index in [4.69, 9.17) is 4.74 Å². The van der Waals surface area contributed by atoms with E-state index in [0.717, 1.165) is 24.4 Å². The molecule has 3 nitrogen and oxygen atoms in total. The number of rotatable bonds is 7. The number of nitrogens with one attached hydrogen (secondary N) is 1. The Morgan fingerprint density at radius 3 is 2.95 bits per heavy atom. The number of thiazole rings is 1. The first-order valence-corrected chi connectivity index (χ1v) is 8.53. The molecule has 0 amide bonds. The van der Waals surface area contributed by atoms with Crippen LogP contribution in [0.4, 0.5) is 0 Å². The molecule has 1 aromatic heterocycles. The molecule has 0 saturated heterocycles. The fraction of sp³-hybridized carbons (Fsp3) is 0.471. The lowest BCUT2D eigenvalue weighted by Crippen LogP contribution is -2.23. The summed E-state index contributed by atoms with van der Waals surface area (Å²) in [6.07, 6.45) is 3.76. The summed E-state index contributed by atoms with van der Waals surface area (Å²) in [5.74, 6) is 0.994. The molecule has 0 aliphatic heterocycles. The Morgan fingerprint density at radius 2 is 2.29 bits per heavy atom. The smallest absolute Gasteiger partial charge is 0.120 e. The Labute approximate surface area is 130 Å². The van der Waals surface area contributed by atoms with Crippen LogP contribution in [0.5, 0.6) is 5.75 Å². The zero-order valence-corrected chi connectivity index (χ0v) is 13.5. The van der Waals surface area contributed by atoms with Gasteiger partial charge in [0, 0.05) is 23.5 Å². The van der Waals surface area contributed by atoms with Gasteiger partial charge in [0.05, 0.1) is 11.1 Å². The fourth-order valence-corrected chi connectivity index (χ4v) is 3.23. The van der Waals surface area contributed by atoms with Gasteiger partial charge in [-0.3, -0.25) is 0 Å². The fourth-order valence-electron chi connectivity index (χ4n) is 2.41. The van der Waals surface area contributed by atoms with Gasteiger partial charge in [-0.2, -0.15) is 0 Å². The highest BCUT2D eigenvalue weighted by molar-refractivity contribution is 7.09. The van der Waals surface area contributed by atoms with E-state index < -0.39 is 0 Å². The number of ether oxygens (including phenoxy) is 1. The SMILES string of the molecule is CCNC(Cc1nc(C)cs1)c1cccc(OC2CC2)c1. The molecule has 1 atom stereocenters. The third-order valence-corrected chi connectivity index (χ3v) is 4.57. The summed E-state index contributed by atoms with van der Waals surface area (Å²) in [6.45, 7) is 5.14. The van der Waals surface area contributed by atoms with Crippen LogP contribution in [0.15, 0.2) is 29.6 Å². The number of hydrogen-bond acceptors (Lipinski definition) is 4. The monoisotopic (exact) mass is 302 g/mol. The lowest BCUT2D eigenvalue weighted by atomic mass is 10.0. The molecule has 1 aromatic carbocycles. The van der Waals surface area contributed by atoms with E-state index in [2.05, 4.69) is 46.9 Å². The van der Waals surface area contributed by atoms with E-state index in [1.54, 1.807) is 11.3 Å². The molecule has 1 fully saturated rings. The largest absolute Gasteiger partial charge is 0.490 e. The molecule has 1 saturated carbocycles. The van der Waals surface area contributed by atoms with Crippen molar-refractivity contribution in [2.45, 2.75) is 45.3 Å². The van der Waals surface area contributed by atoms with Crippen LogP contribution in [0.2, 0.25) is 0 Å². The summed E-state index contributed by atoms with van der Waals surface area (Å²) in [5.41, 5.74) is 2.39.